The van der Waals surface area contributed by atoms with Gasteiger partial charge in [0.2, 0.25) is 0 Å². The van der Waals surface area contributed by atoms with Crippen LogP contribution >= 0.6 is 0 Å². The Morgan fingerprint density at radius 2 is 1.61 bits per heavy atom. The van der Waals surface area contributed by atoms with Gasteiger partial charge >= 0.3 is 5.97 Å². The van der Waals surface area contributed by atoms with Gasteiger partial charge in [-0.15, -0.1) is 0 Å². The first-order valence-electron chi connectivity index (χ1n) is 9.97. The largest absolute Gasteiger partial charge is 0.507 e. The normalized spacial score (nSPS) is 11.0. The molecule has 0 aliphatic heterocycles. The van der Waals surface area contributed by atoms with Crippen LogP contribution in [0.2, 0.25) is 0 Å². The van der Waals surface area contributed by atoms with Gasteiger partial charge in [-0.1, -0.05) is 56.8 Å². The van der Waals surface area contributed by atoms with E-state index in [1.54, 1.807) is 12.1 Å². The summed E-state index contributed by atoms with van der Waals surface area (Å²) in [5.74, 6) is 0.0774. The molecule has 0 bridgehead atoms. The van der Waals surface area contributed by atoms with Crippen LogP contribution in [0.3, 0.4) is 0 Å². The van der Waals surface area contributed by atoms with Crippen LogP contribution in [-0.4, -0.2) is 29.4 Å². The molecular formula is C26H26O5. The van der Waals surface area contributed by atoms with E-state index in [4.69, 9.17) is 9.47 Å². The third-order valence-electron chi connectivity index (χ3n) is 5.25. The van der Waals surface area contributed by atoms with Crippen molar-refractivity contribution in [3.63, 3.8) is 0 Å². The number of benzene rings is 3. The van der Waals surface area contributed by atoms with Gasteiger partial charge in [-0.25, -0.2) is 4.79 Å². The topological polar surface area (TPSA) is 76.0 Å². The summed E-state index contributed by atoms with van der Waals surface area (Å²) >= 11 is 0. The minimum absolute atomic E-state index is 0.118. The number of ether oxygens (including phenoxy) is 2. The van der Waals surface area contributed by atoms with E-state index >= 15 is 0 Å². The van der Waals surface area contributed by atoms with Crippen molar-refractivity contribution in [2.24, 2.45) is 0 Å². The van der Waals surface area contributed by atoms with Gasteiger partial charge in [0, 0.05) is 11.0 Å². The van der Waals surface area contributed by atoms with E-state index in [-0.39, 0.29) is 11.3 Å². The number of aromatic hydroxyl groups is 1. The summed E-state index contributed by atoms with van der Waals surface area (Å²) in [5, 5.41) is 19.1. The van der Waals surface area contributed by atoms with E-state index in [2.05, 4.69) is 6.58 Å². The van der Waals surface area contributed by atoms with Gasteiger partial charge in [-0.05, 0) is 47.5 Å². The van der Waals surface area contributed by atoms with Crippen LogP contribution in [0.5, 0.6) is 17.2 Å². The van der Waals surface area contributed by atoms with Crippen molar-refractivity contribution in [2.75, 3.05) is 13.2 Å². The van der Waals surface area contributed by atoms with E-state index < -0.39 is 11.4 Å². The number of para-hydroxylation sites is 1. The average Bonchev–Trinajstić information content (AvgIpc) is 2.77. The Morgan fingerprint density at radius 3 is 2.29 bits per heavy atom. The fourth-order valence-electron chi connectivity index (χ4n) is 3.32. The molecule has 0 fully saturated rings. The van der Waals surface area contributed by atoms with Crippen LogP contribution in [0.15, 0.2) is 73.3 Å². The number of carboxylic acids is 1. The zero-order valence-corrected chi connectivity index (χ0v) is 17.7. The highest BCUT2D eigenvalue weighted by atomic mass is 16.5. The smallest absolute Gasteiger partial charge is 0.339 e. The summed E-state index contributed by atoms with van der Waals surface area (Å²) < 4.78 is 11.5. The quantitative estimate of drug-likeness (QED) is 0.448. The van der Waals surface area contributed by atoms with Crippen molar-refractivity contribution >= 4 is 12.0 Å². The molecule has 160 valence electrons. The highest BCUT2D eigenvalue weighted by molar-refractivity contribution is 5.91. The summed E-state index contributed by atoms with van der Waals surface area (Å²) in [5.41, 5.74) is 1.97. The summed E-state index contributed by atoms with van der Waals surface area (Å²) in [4.78, 5) is 11.4. The second-order valence-electron chi connectivity index (χ2n) is 7.63. The van der Waals surface area contributed by atoms with Crippen molar-refractivity contribution in [3.05, 3.63) is 95.6 Å². The first-order valence-corrected chi connectivity index (χ1v) is 9.97. The summed E-state index contributed by atoms with van der Waals surface area (Å²) in [6, 6.07) is 20.0. The fraction of sp³-hybridized carbons (Fsp3) is 0.192. The Morgan fingerprint density at radius 1 is 0.968 bits per heavy atom. The number of phenols is 1. The minimum Gasteiger partial charge on any atom is -0.507 e. The average molecular weight is 418 g/mol. The maximum atomic E-state index is 11.4. The molecule has 31 heavy (non-hydrogen) atoms. The van der Waals surface area contributed by atoms with E-state index in [0.717, 1.165) is 22.4 Å². The monoisotopic (exact) mass is 418 g/mol. The van der Waals surface area contributed by atoms with Gasteiger partial charge in [0.1, 0.15) is 36.0 Å². The summed E-state index contributed by atoms with van der Waals surface area (Å²) in [6.45, 7) is 8.70. The maximum Gasteiger partial charge on any atom is 0.339 e. The van der Waals surface area contributed by atoms with Gasteiger partial charge in [0.15, 0.2) is 0 Å². The van der Waals surface area contributed by atoms with Crippen LogP contribution in [0.1, 0.15) is 40.9 Å². The van der Waals surface area contributed by atoms with Crippen LogP contribution in [-0.2, 0) is 5.41 Å². The Balaban J connectivity index is 1.76. The molecule has 5 nitrogen and oxygen atoms in total. The molecule has 3 rings (SSSR count). The molecule has 0 saturated heterocycles. The van der Waals surface area contributed by atoms with Crippen molar-refractivity contribution < 1.29 is 24.5 Å². The van der Waals surface area contributed by atoms with E-state index in [1.807, 2.05) is 62.4 Å². The molecule has 0 atom stereocenters. The summed E-state index contributed by atoms with van der Waals surface area (Å²) in [6.07, 6.45) is 1.73. The number of carboxylic acid groups (broad SMARTS) is 1. The van der Waals surface area contributed by atoms with E-state index in [0.29, 0.717) is 19.0 Å². The molecule has 0 heterocycles. The Labute approximate surface area is 182 Å². The van der Waals surface area contributed by atoms with Gasteiger partial charge in [0.25, 0.3) is 0 Å². The third kappa shape index (κ3) is 5.07. The molecule has 0 unspecified atom stereocenters. The molecule has 0 aliphatic rings. The molecular weight excluding hydrogens is 392 g/mol. The van der Waals surface area contributed by atoms with Crippen LogP contribution in [0.4, 0.5) is 0 Å². The first kappa shape index (κ1) is 22.0. The third-order valence-corrected chi connectivity index (χ3v) is 5.25. The predicted molar refractivity (Wildman–Crippen MR) is 121 cm³/mol. The van der Waals surface area contributed by atoms with Crippen molar-refractivity contribution in [2.45, 2.75) is 19.3 Å². The second kappa shape index (κ2) is 9.39. The molecule has 3 aromatic carbocycles. The van der Waals surface area contributed by atoms with Gasteiger partial charge in [0.05, 0.1) is 0 Å². The minimum atomic E-state index is -1.16. The molecule has 2 N–H and O–H groups in total. The number of rotatable bonds is 9. The SMILES string of the molecule is C=Cc1cc(C(C)(C)c2ccc(O)c(C(=O)O)c2)ccc1OCCOc1ccccc1. The van der Waals surface area contributed by atoms with Crippen LogP contribution in [0, 0.1) is 0 Å². The number of hydrogen-bond acceptors (Lipinski definition) is 4. The molecule has 0 amide bonds. The van der Waals surface area contributed by atoms with Crippen molar-refractivity contribution in [1.82, 2.24) is 0 Å². The van der Waals surface area contributed by atoms with Crippen molar-refractivity contribution in [1.29, 1.82) is 0 Å². The Kier molecular flexibility index (Phi) is 6.65. The Hall–Kier alpha value is -3.73. The molecule has 3 aromatic rings. The summed E-state index contributed by atoms with van der Waals surface area (Å²) in [7, 11) is 0. The molecule has 0 aliphatic carbocycles. The van der Waals surface area contributed by atoms with Crippen LogP contribution < -0.4 is 9.47 Å². The van der Waals surface area contributed by atoms with Crippen LogP contribution in [0.25, 0.3) is 6.08 Å². The van der Waals surface area contributed by atoms with E-state index in [1.165, 1.54) is 12.1 Å². The highest BCUT2D eigenvalue weighted by Crippen LogP contribution is 2.36. The number of hydrogen-bond donors (Lipinski definition) is 2. The first-order chi connectivity index (χ1) is 14.8. The van der Waals surface area contributed by atoms with E-state index in [9.17, 15) is 15.0 Å². The molecule has 0 spiro atoms. The second-order valence-corrected chi connectivity index (χ2v) is 7.63. The Bertz CT molecular complexity index is 1070. The standard InChI is InChI=1S/C26H26O5/c1-4-18-16-19(26(2,3)20-10-12-23(27)22(17-20)25(28)29)11-13-24(18)31-15-14-30-21-8-6-5-7-9-21/h4-13,16-17,27H,1,14-15H2,2-3H3,(H,28,29). The fourth-order valence-corrected chi connectivity index (χ4v) is 3.32. The van der Waals surface area contributed by atoms with Gasteiger partial charge in [-0.3, -0.25) is 0 Å². The van der Waals surface area contributed by atoms with Crippen molar-refractivity contribution in [3.8, 4) is 17.2 Å². The highest BCUT2D eigenvalue weighted by Gasteiger charge is 2.26. The van der Waals surface area contributed by atoms with Gasteiger partial charge in [-0.2, -0.15) is 0 Å². The molecule has 0 aromatic heterocycles. The molecule has 0 saturated carbocycles. The number of carbonyl (C=O) groups is 1. The predicted octanol–water partition coefficient (Wildman–Crippen LogP) is 5.52. The maximum absolute atomic E-state index is 11.4. The molecule has 0 radical (unpaired) electrons. The lowest BCUT2D eigenvalue weighted by atomic mass is 9.77. The lowest BCUT2D eigenvalue weighted by Gasteiger charge is -2.27. The lowest BCUT2D eigenvalue weighted by molar-refractivity contribution is 0.0693. The number of aromatic carboxylic acids is 1. The van der Waals surface area contributed by atoms with Gasteiger partial charge < -0.3 is 19.7 Å². The zero-order chi connectivity index (χ0) is 22.4. The molecule has 5 heteroatoms. The zero-order valence-electron chi connectivity index (χ0n) is 17.7. The lowest BCUT2D eigenvalue weighted by Crippen LogP contribution is -2.20.